The van der Waals surface area contributed by atoms with Crippen molar-refractivity contribution in [3.63, 3.8) is 0 Å². The molecule has 1 aromatic carbocycles. The van der Waals surface area contributed by atoms with Crippen LogP contribution < -0.4 is 5.32 Å². The van der Waals surface area contributed by atoms with Crippen molar-refractivity contribution in [2.24, 2.45) is 0 Å². The van der Waals surface area contributed by atoms with E-state index < -0.39 is 11.9 Å². The molecular formula is C14H11BrF3N3. The van der Waals surface area contributed by atoms with Gasteiger partial charge in [0.2, 0.25) is 0 Å². The molecule has 0 unspecified atom stereocenters. The minimum absolute atomic E-state index is 0.103. The highest BCUT2D eigenvalue weighted by molar-refractivity contribution is 9.10. The summed E-state index contributed by atoms with van der Waals surface area (Å²) < 4.78 is 40.5. The van der Waals surface area contributed by atoms with Crippen LogP contribution in [0.1, 0.15) is 17.0 Å². The van der Waals surface area contributed by atoms with E-state index in [2.05, 4.69) is 31.2 Å². The minimum Gasteiger partial charge on any atom is -0.311 e. The number of fused-ring (bicyclic) bond motifs is 1. The monoisotopic (exact) mass is 357 g/mol. The Labute approximate surface area is 127 Å². The van der Waals surface area contributed by atoms with E-state index in [0.29, 0.717) is 30.8 Å². The number of hydrogen-bond acceptors (Lipinski definition) is 3. The third-order valence-corrected chi connectivity index (χ3v) is 3.78. The number of alkyl halides is 3. The molecule has 1 aromatic heterocycles. The maximum atomic E-state index is 13.2. The Kier molecular flexibility index (Phi) is 3.71. The molecule has 21 heavy (non-hydrogen) atoms. The van der Waals surface area contributed by atoms with Crippen LogP contribution >= 0.6 is 15.9 Å². The van der Waals surface area contributed by atoms with Crippen molar-refractivity contribution in [1.29, 1.82) is 0 Å². The lowest BCUT2D eigenvalue weighted by molar-refractivity contribution is -0.142. The first-order valence-corrected chi connectivity index (χ1v) is 7.18. The quantitative estimate of drug-likeness (QED) is 0.847. The molecule has 0 saturated carbocycles. The minimum atomic E-state index is -4.47. The fourth-order valence-electron chi connectivity index (χ4n) is 2.35. The average Bonchev–Trinajstić information content (AvgIpc) is 2.45. The molecule has 0 amide bonds. The Morgan fingerprint density at radius 2 is 2.00 bits per heavy atom. The van der Waals surface area contributed by atoms with Crippen molar-refractivity contribution in [2.45, 2.75) is 19.1 Å². The van der Waals surface area contributed by atoms with Crippen molar-refractivity contribution >= 4 is 15.9 Å². The number of aromatic nitrogens is 2. The van der Waals surface area contributed by atoms with Crippen LogP contribution in [0.2, 0.25) is 0 Å². The molecule has 1 N–H and O–H groups in total. The Hall–Kier alpha value is -1.47. The highest BCUT2D eigenvalue weighted by atomic mass is 79.9. The van der Waals surface area contributed by atoms with Crippen LogP contribution in [0.15, 0.2) is 28.7 Å². The van der Waals surface area contributed by atoms with E-state index >= 15 is 0 Å². The van der Waals surface area contributed by atoms with Crippen molar-refractivity contribution in [2.75, 3.05) is 6.54 Å². The van der Waals surface area contributed by atoms with Crippen LogP contribution in [-0.4, -0.2) is 16.5 Å². The molecule has 0 aliphatic carbocycles. The van der Waals surface area contributed by atoms with Gasteiger partial charge in [-0.05, 0) is 25.1 Å². The van der Waals surface area contributed by atoms with Gasteiger partial charge in [-0.15, -0.1) is 0 Å². The van der Waals surface area contributed by atoms with Crippen LogP contribution in [0.4, 0.5) is 13.2 Å². The van der Waals surface area contributed by atoms with Crippen molar-refractivity contribution in [1.82, 2.24) is 15.3 Å². The van der Waals surface area contributed by atoms with Gasteiger partial charge in [-0.3, -0.25) is 0 Å². The predicted molar refractivity (Wildman–Crippen MR) is 75.6 cm³/mol. The Balaban J connectivity index is 2.19. The zero-order valence-electron chi connectivity index (χ0n) is 10.8. The second-order valence-electron chi connectivity index (χ2n) is 4.76. The molecule has 0 radical (unpaired) electrons. The van der Waals surface area contributed by atoms with Crippen LogP contribution in [0, 0.1) is 0 Å². The molecule has 110 valence electrons. The second kappa shape index (κ2) is 5.38. The highest BCUT2D eigenvalue weighted by Crippen LogP contribution is 2.34. The Morgan fingerprint density at radius 3 is 2.71 bits per heavy atom. The van der Waals surface area contributed by atoms with Crippen LogP contribution in [0.5, 0.6) is 0 Å². The van der Waals surface area contributed by atoms with Gasteiger partial charge in [-0.25, -0.2) is 9.97 Å². The smallest absolute Gasteiger partial charge is 0.311 e. The summed E-state index contributed by atoms with van der Waals surface area (Å²) in [5.41, 5.74) is 0.380. The lowest BCUT2D eigenvalue weighted by Crippen LogP contribution is -2.28. The van der Waals surface area contributed by atoms with Gasteiger partial charge in [-0.2, -0.15) is 13.2 Å². The summed E-state index contributed by atoms with van der Waals surface area (Å²) in [5.74, 6) is 0.103. The fourth-order valence-corrected chi connectivity index (χ4v) is 2.75. The van der Waals surface area contributed by atoms with Gasteiger partial charge in [0.15, 0.2) is 11.5 Å². The number of rotatable bonds is 1. The maximum absolute atomic E-state index is 13.2. The first-order chi connectivity index (χ1) is 9.95. The molecule has 3 rings (SSSR count). The molecule has 0 fully saturated rings. The topological polar surface area (TPSA) is 37.8 Å². The predicted octanol–water partition coefficient (Wildman–Crippen LogP) is 3.57. The van der Waals surface area contributed by atoms with E-state index in [4.69, 9.17) is 0 Å². The standard InChI is InChI=1S/C14H11BrF3N3/c15-9-3-1-2-8(6-9)13-20-11-7-19-5-4-10(11)12(21-13)14(16,17)18/h1-3,6,19H,4-5,7H2. The lowest BCUT2D eigenvalue weighted by atomic mass is 10.0. The van der Waals surface area contributed by atoms with E-state index in [1.807, 2.05) is 0 Å². The third-order valence-electron chi connectivity index (χ3n) is 3.29. The van der Waals surface area contributed by atoms with Crippen molar-refractivity contribution in [3.05, 3.63) is 45.7 Å². The molecule has 2 heterocycles. The molecule has 0 atom stereocenters. The normalized spacial score (nSPS) is 14.9. The van der Waals surface area contributed by atoms with E-state index in [1.54, 1.807) is 24.3 Å². The summed E-state index contributed by atoms with van der Waals surface area (Å²) in [4.78, 5) is 8.09. The molecule has 3 nitrogen and oxygen atoms in total. The van der Waals surface area contributed by atoms with Gasteiger partial charge in [0.25, 0.3) is 0 Å². The van der Waals surface area contributed by atoms with E-state index in [0.717, 1.165) is 4.47 Å². The number of nitrogens with one attached hydrogen (secondary N) is 1. The average molecular weight is 358 g/mol. The Morgan fingerprint density at radius 1 is 1.19 bits per heavy atom. The van der Waals surface area contributed by atoms with E-state index in [-0.39, 0.29) is 11.4 Å². The summed E-state index contributed by atoms with van der Waals surface area (Å²) in [6, 6.07) is 6.95. The molecule has 0 bridgehead atoms. The second-order valence-corrected chi connectivity index (χ2v) is 5.67. The zero-order valence-corrected chi connectivity index (χ0v) is 12.4. The van der Waals surface area contributed by atoms with Gasteiger partial charge in [-0.1, -0.05) is 28.1 Å². The molecule has 0 saturated heterocycles. The van der Waals surface area contributed by atoms with Gasteiger partial charge >= 0.3 is 6.18 Å². The Bertz CT molecular complexity index is 686. The first-order valence-electron chi connectivity index (χ1n) is 6.39. The third kappa shape index (κ3) is 2.94. The SMILES string of the molecule is FC(F)(F)c1nc(-c2cccc(Br)c2)nc2c1CCNC2. The molecule has 7 heteroatoms. The summed E-state index contributed by atoms with van der Waals surface area (Å²) in [7, 11) is 0. The number of nitrogens with zero attached hydrogens (tertiary/aromatic N) is 2. The van der Waals surface area contributed by atoms with Crippen LogP contribution in [-0.2, 0) is 19.1 Å². The molecular weight excluding hydrogens is 347 g/mol. The van der Waals surface area contributed by atoms with Gasteiger partial charge in [0, 0.05) is 22.1 Å². The van der Waals surface area contributed by atoms with Gasteiger partial charge < -0.3 is 5.32 Å². The van der Waals surface area contributed by atoms with Crippen LogP contribution in [0.25, 0.3) is 11.4 Å². The van der Waals surface area contributed by atoms with Crippen LogP contribution in [0.3, 0.4) is 0 Å². The maximum Gasteiger partial charge on any atom is 0.433 e. The summed E-state index contributed by atoms with van der Waals surface area (Å²) in [6.45, 7) is 0.845. The lowest BCUT2D eigenvalue weighted by Gasteiger charge is -2.21. The highest BCUT2D eigenvalue weighted by Gasteiger charge is 2.38. The largest absolute Gasteiger partial charge is 0.433 e. The van der Waals surface area contributed by atoms with Crippen molar-refractivity contribution in [3.8, 4) is 11.4 Å². The number of halogens is 4. The molecule has 2 aromatic rings. The van der Waals surface area contributed by atoms with Gasteiger partial charge in [0.1, 0.15) is 0 Å². The van der Waals surface area contributed by atoms with E-state index in [9.17, 15) is 13.2 Å². The van der Waals surface area contributed by atoms with Crippen molar-refractivity contribution < 1.29 is 13.2 Å². The fraction of sp³-hybridized carbons (Fsp3) is 0.286. The summed E-state index contributed by atoms with van der Waals surface area (Å²) in [5, 5.41) is 3.04. The first kappa shape index (κ1) is 14.5. The van der Waals surface area contributed by atoms with Gasteiger partial charge in [0.05, 0.1) is 5.69 Å². The molecule has 0 spiro atoms. The molecule has 1 aliphatic rings. The molecule has 1 aliphatic heterocycles. The van der Waals surface area contributed by atoms with E-state index in [1.165, 1.54) is 0 Å². The summed E-state index contributed by atoms with van der Waals surface area (Å²) in [6.07, 6.45) is -4.17. The summed E-state index contributed by atoms with van der Waals surface area (Å²) >= 11 is 3.30. The zero-order chi connectivity index (χ0) is 15.0. The number of hydrogen-bond donors (Lipinski definition) is 1. The number of benzene rings is 1.